The minimum atomic E-state index is -0.250. The Bertz CT molecular complexity index is 1920. The molecule has 37 heavy (non-hydrogen) atoms. The number of rotatable bonds is 2. The van der Waals surface area contributed by atoms with Crippen LogP contribution in [0.2, 0.25) is 0 Å². The van der Waals surface area contributed by atoms with Crippen molar-refractivity contribution in [2.45, 2.75) is 53.4 Å². The van der Waals surface area contributed by atoms with E-state index in [0.717, 1.165) is 23.3 Å². The van der Waals surface area contributed by atoms with Gasteiger partial charge in [-0.2, -0.15) is 0 Å². The molecule has 0 aliphatic heterocycles. The maximum atomic E-state index is 5.36. The average Bonchev–Trinajstić information content (AvgIpc) is 2.88. The van der Waals surface area contributed by atoms with Crippen molar-refractivity contribution in [3.8, 4) is 11.3 Å². The van der Waals surface area contributed by atoms with Gasteiger partial charge in [-0.25, -0.2) is 0 Å². The third-order valence-electron chi connectivity index (χ3n) is 8.60. The molecule has 0 amide bonds. The summed E-state index contributed by atoms with van der Waals surface area (Å²) in [6.45, 7) is 13.6. The minimum absolute atomic E-state index is 0.250. The van der Waals surface area contributed by atoms with Crippen molar-refractivity contribution in [3.05, 3.63) is 94.8 Å². The molecule has 0 fully saturated rings. The Morgan fingerprint density at radius 3 is 2.38 bits per heavy atom. The van der Waals surface area contributed by atoms with Crippen LogP contribution in [0.4, 0.5) is 0 Å². The Morgan fingerprint density at radius 2 is 1.57 bits per heavy atom. The quantitative estimate of drug-likeness (QED) is 0.231. The van der Waals surface area contributed by atoms with Crippen LogP contribution >= 0.6 is 0 Å². The zero-order chi connectivity index (χ0) is 25.6. The van der Waals surface area contributed by atoms with E-state index in [9.17, 15) is 0 Å². The van der Waals surface area contributed by atoms with Crippen LogP contribution in [0.1, 0.15) is 55.6 Å². The molecule has 0 saturated heterocycles. The van der Waals surface area contributed by atoms with Gasteiger partial charge in [0, 0.05) is 27.9 Å². The van der Waals surface area contributed by atoms with Crippen molar-refractivity contribution in [3.63, 3.8) is 0 Å². The highest BCUT2D eigenvalue weighted by Gasteiger charge is 2.36. The molecule has 7 rings (SSSR count). The van der Waals surface area contributed by atoms with Crippen molar-refractivity contribution in [2.24, 2.45) is 5.92 Å². The lowest BCUT2D eigenvalue weighted by atomic mass is 9.71. The van der Waals surface area contributed by atoms with E-state index >= 15 is 0 Å². The van der Waals surface area contributed by atoms with Gasteiger partial charge in [0.05, 0.1) is 16.9 Å². The molecule has 4 aromatic carbocycles. The SMILES string of the molecule is Cc1ccc2cc3c(nc2c1C)C(C)(C)c1cc2c4cc(CC(C)C)ccc4ccc2c2ccnc-3c12. The largest absolute Gasteiger partial charge is 0.256 e. The molecule has 2 nitrogen and oxygen atoms in total. The second-order valence-corrected chi connectivity index (χ2v) is 11.9. The summed E-state index contributed by atoms with van der Waals surface area (Å²) in [6, 6.07) is 23.0. The highest BCUT2D eigenvalue weighted by molar-refractivity contribution is 6.21. The number of fused-ring (bicyclic) bond motifs is 7. The predicted molar refractivity (Wildman–Crippen MR) is 158 cm³/mol. The summed E-state index contributed by atoms with van der Waals surface area (Å²) in [4.78, 5) is 10.3. The van der Waals surface area contributed by atoms with Gasteiger partial charge in [0.15, 0.2) is 0 Å². The molecular formula is C35H32N2. The summed E-state index contributed by atoms with van der Waals surface area (Å²) in [5.74, 6) is 0.631. The molecule has 0 bridgehead atoms. The van der Waals surface area contributed by atoms with Gasteiger partial charge in [0.2, 0.25) is 0 Å². The maximum absolute atomic E-state index is 5.36. The minimum Gasteiger partial charge on any atom is -0.256 e. The molecule has 0 N–H and O–H groups in total. The number of benzene rings is 4. The smallest absolute Gasteiger partial charge is 0.0802 e. The molecule has 2 heteroatoms. The molecule has 1 aliphatic carbocycles. The van der Waals surface area contributed by atoms with Crippen molar-refractivity contribution in [2.75, 3.05) is 0 Å². The van der Waals surface area contributed by atoms with E-state index in [1.54, 1.807) is 0 Å². The first kappa shape index (κ1) is 22.4. The van der Waals surface area contributed by atoms with Gasteiger partial charge in [-0.05, 0) is 93.6 Å². The second kappa shape index (κ2) is 7.61. The monoisotopic (exact) mass is 480 g/mol. The van der Waals surface area contributed by atoms with E-state index in [0.29, 0.717) is 5.92 Å². The summed E-state index contributed by atoms with van der Waals surface area (Å²) in [7, 11) is 0. The topological polar surface area (TPSA) is 25.8 Å². The van der Waals surface area contributed by atoms with Gasteiger partial charge < -0.3 is 0 Å². The lowest BCUT2D eigenvalue weighted by molar-refractivity contribution is 0.623. The van der Waals surface area contributed by atoms with E-state index in [-0.39, 0.29) is 5.41 Å². The van der Waals surface area contributed by atoms with Gasteiger partial charge in [-0.1, -0.05) is 70.2 Å². The molecule has 2 aromatic heterocycles. The molecule has 0 atom stereocenters. The third-order valence-corrected chi connectivity index (χ3v) is 8.60. The lowest BCUT2D eigenvalue weighted by Gasteiger charge is -2.34. The van der Waals surface area contributed by atoms with Gasteiger partial charge >= 0.3 is 0 Å². The Balaban J connectivity index is 1.62. The van der Waals surface area contributed by atoms with Crippen molar-refractivity contribution in [1.82, 2.24) is 9.97 Å². The van der Waals surface area contributed by atoms with Crippen LogP contribution in [0.25, 0.3) is 54.5 Å². The van der Waals surface area contributed by atoms with Crippen LogP contribution in [0.15, 0.2) is 66.9 Å². The van der Waals surface area contributed by atoms with Gasteiger partial charge in [0.1, 0.15) is 0 Å². The Kier molecular flexibility index (Phi) is 4.61. The van der Waals surface area contributed by atoms with Crippen LogP contribution in [0.5, 0.6) is 0 Å². The maximum Gasteiger partial charge on any atom is 0.0802 e. The fraction of sp³-hybridized carbons (Fsp3) is 0.257. The summed E-state index contributed by atoms with van der Waals surface area (Å²) in [5.41, 5.74) is 9.47. The average molecular weight is 481 g/mol. The standard InChI is InChI=1S/C35H32N2/c1-19(2)15-22-8-10-23-11-12-25-26-13-14-36-33-29-17-24-9-7-20(3)21(4)32(24)37-34(29)35(5,6)30(31(26)33)18-28(25)27(23)16-22/h7-14,16-19H,15H2,1-6H3. The Labute approximate surface area is 218 Å². The number of pyridine rings is 2. The molecule has 0 spiro atoms. The summed E-state index contributed by atoms with van der Waals surface area (Å²) in [5, 5.41) is 9.01. The van der Waals surface area contributed by atoms with Crippen LogP contribution < -0.4 is 0 Å². The van der Waals surface area contributed by atoms with Crippen molar-refractivity contribution < 1.29 is 0 Å². The van der Waals surface area contributed by atoms with E-state index in [2.05, 4.69) is 102 Å². The van der Waals surface area contributed by atoms with Crippen molar-refractivity contribution in [1.29, 1.82) is 0 Å². The van der Waals surface area contributed by atoms with Crippen LogP contribution in [-0.2, 0) is 11.8 Å². The molecule has 2 heterocycles. The first-order chi connectivity index (χ1) is 17.7. The first-order valence-corrected chi connectivity index (χ1v) is 13.4. The number of aromatic nitrogens is 2. The zero-order valence-electron chi connectivity index (χ0n) is 22.5. The Hall–Kier alpha value is -3.78. The number of hydrogen-bond acceptors (Lipinski definition) is 2. The summed E-state index contributed by atoms with van der Waals surface area (Å²) < 4.78 is 0. The second-order valence-electron chi connectivity index (χ2n) is 11.9. The first-order valence-electron chi connectivity index (χ1n) is 13.4. The van der Waals surface area contributed by atoms with Crippen LogP contribution in [0, 0.1) is 19.8 Å². The molecule has 0 radical (unpaired) electrons. The third kappa shape index (κ3) is 3.11. The van der Waals surface area contributed by atoms with Crippen LogP contribution in [-0.4, -0.2) is 9.97 Å². The molecule has 182 valence electrons. The molecule has 1 aliphatic rings. The highest BCUT2D eigenvalue weighted by atomic mass is 14.8. The lowest BCUT2D eigenvalue weighted by Crippen LogP contribution is -2.26. The van der Waals surface area contributed by atoms with Gasteiger partial charge in [0.25, 0.3) is 0 Å². The number of nitrogens with zero attached hydrogens (tertiary/aromatic N) is 2. The number of aryl methyl sites for hydroxylation is 2. The summed E-state index contributed by atoms with van der Waals surface area (Å²) >= 11 is 0. The van der Waals surface area contributed by atoms with Gasteiger partial charge in [-0.3, -0.25) is 9.97 Å². The van der Waals surface area contributed by atoms with Crippen LogP contribution in [0.3, 0.4) is 0 Å². The molecule has 0 unspecified atom stereocenters. The molecule has 6 aromatic rings. The number of hydrogen-bond donors (Lipinski definition) is 0. The fourth-order valence-electron chi connectivity index (χ4n) is 6.52. The predicted octanol–water partition coefficient (Wildman–Crippen LogP) is 9.21. The summed E-state index contributed by atoms with van der Waals surface area (Å²) in [6.07, 6.45) is 3.07. The zero-order valence-corrected chi connectivity index (χ0v) is 22.5. The van der Waals surface area contributed by atoms with E-state index < -0.39 is 0 Å². The fourth-order valence-corrected chi connectivity index (χ4v) is 6.52. The van der Waals surface area contributed by atoms with E-state index in [4.69, 9.17) is 9.97 Å². The van der Waals surface area contributed by atoms with Gasteiger partial charge in [-0.15, -0.1) is 0 Å². The van der Waals surface area contributed by atoms with E-state index in [1.165, 1.54) is 65.5 Å². The molecular weight excluding hydrogens is 448 g/mol. The van der Waals surface area contributed by atoms with Crippen molar-refractivity contribution >= 4 is 43.2 Å². The normalized spacial score (nSPS) is 14.2. The highest BCUT2D eigenvalue weighted by Crippen LogP contribution is 2.50. The van der Waals surface area contributed by atoms with E-state index in [1.807, 2.05) is 6.20 Å². The molecule has 0 saturated carbocycles. The Morgan fingerprint density at radius 1 is 0.784 bits per heavy atom.